The zero-order valence-corrected chi connectivity index (χ0v) is 9.39. The zero-order chi connectivity index (χ0) is 10.1. The molecule has 1 rings (SSSR count). The van der Waals surface area contributed by atoms with Crippen molar-refractivity contribution in [1.29, 1.82) is 0 Å². The highest BCUT2D eigenvalue weighted by molar-refractivity contribution is 5.24. The molecule has 0 amide bonds. The maximum absolute atomic E-state index is 4.38. The standard InChI is InChI=1S/C11H20N2/c1-6-7-11(3,4)10-8-13(5)12-9(10)2/h8H,6-7H2,1-5H3. The molecule has 0 bridgehead atoms. The van der Waals surface area contributed by atoms with Gasteiger partial charge in [-0.3, -0.25) is 4.68 Å². The van der Waals surface area contributed by atoms with Gasteiger partial charge in [0.05, 0.1) is 5.69 Å². The first-order valence-electron chi connectivity index (χ1n) is 4.98. The summed E-state index contributed by atoms with van der Waals surface area (Å²) in [4.78, 5) is 0. The summed E-state index contributed by atoms with van der Waals surface area (Å²) in [5.74, 6) is 0. The van der Waals surface area contributed by atoms with Crippen molar-refractivity contribution in [3.05, 3.63) is 17.5 Å². The highest BCUT2D eigenvalue weighted by atomic mass is 15.2. The molecule has 1 heterocycles. The van der Waals surface area contributed by atoms with E-state index in [4.69, 9.17) is 0 Å². The second-order valence-corrected chi connectivity index (χ2v) is 4.44. The zero-order valence-electron chi connectivity index (χ0n) is 9.39. The summed E-state index contributed by atoms with van der Waals surface area (Å²) < 4.78 is 1.90. The van der Waals surface area contributed by atoms with Crippen molar-refractivity contribution in [2.75, 3.05) is 0 Å². The van der Waals surface area contributed by atoms with E-state index in [0.29, 0.717) is 0 Å². The minimum absolute atomic E-state index is 0.271. The van der Waals surface area contributed by atoms with E-state index in [1.807, 2.05) is 11.7 Å². The fourth-order valence-corrected chi connectivity index (χ4v) is 2.02. The number of aromatic nitrogens is 2. The lowest BCUT2D eigenvalue weighted by molar-refractivity contribution is 0.470. The van der Waals surface area contributed by atoms with Crippen molar-refractivity contribution in [2.24, 2.45) is 7.05 Å². The van der Waals surface area contributed by atoms with Crippen molar-refractivity contribution in [3.63, 3.8) is 0 Å². The summed E-state index contributed by atoms with van der Waals surface area (Å²) in [5, 5.41) is 4.38. The average Bonchev–Trinajstić information content (AvgIpc) is 2.30. The fraction of sp³-hybridized carbons (Fsp3) is 0.727. The smallest absolute Gasteiger partial charge is 0.0630 e. The van der Waals surface area contributed by atoms with E-state index in [9.17, 15) is 0 Å². The van der Waals surface area contributed by atoms with E-state index < -0.39 is 0 Å². The summed E-state index contributed by atoms with van der Waals surface area (Å²) in [7, 11) is 1.98. The molecule has 0 radical (unpaired) electrons. The molecule has 1 aromatic heterocycles. The quantitative estimate of drug-likeness (QED) is 0.699. The lowest BCUT2D eigenvalue weighted by Gasteiger charge is -2.23. The van der Waals surface area contributed by atoms with Crippen LogP contribution in [0.15, 0.2) is 6.20 Å². The molecule has 0 aliphatic carbocycles. The van der Waals surface area contributed by atoms with Crippen molar-refractivity contribution in [2.45, 2.75) is 46.0 Å². The molecule has 0 saturated carbocycles. The topological polar surface area (TPSA) is 17.8 Å². The lowest BCUT2D eigenvalue weighted by Crippen LogP contribution is -2.17. The van der Waals surface area contributed by atoms with Crippen LogP contribution in [0.4, 0.5) is 0 Å². The molecule has 0 unspecified atom stereocenters. The van der Waals surface area contributed by atoms with E-state index in [1.54, 1.807) is 0 Å². The molecule has 74 valence electrons. The summed E-state index contributed by atoms with van der Waals surface area (Å²) >= 11 is 0. The molecule has 0 atom stereocenters. The second-order valence-electron chi connectivity index (χ2n) is 4.44. The van der Waals surface area contributed by atoms with Crippen LogP contribution in [0.2, 0.25) is 0 Å². The predicted molar refractivity (Wildman–Crippen MR) is 55.9 cm³/mol. The van der Waals surface area contributed by atoms with Gasteiger partial charge in [-0.05, 0) is 24.3 Å². The van der Waals surface area contributed by atoms with Crippen LogP contribution in [-0.4, -0.2) is 9.78 Å². The van der Waals surface area contributed by atoms with Crippen LogP contribution >= 0.6 is 0 Å². The first kappa shape index (κ1) is 10.3. The Labute approximate surface area is 81.0 Å². The SMILES string of the molecule is CCCC(C)(C)c1cn(C)nc1C. The molecule has 0 aromatic carbocycles. The van der Waals surface area contributed by atoms with Crippen LogP contribution in [0, 0.1) is 6.92 Å². The normalized spacial score (nSPS) is 12.1. The molecule has 0 aliphatic heterocycles. The van der Waals surface area contributed by atoms with Crippen molar-refractivity contribution in [3.8, 4) is 0 Å². The van der Waals surface area contributed by atoms with Gasteiger partial charge in [0.2, 0.25) is 0 Å². The molecule has 0 saturated heterocycles. The number of nitrogens with zero attached hydrogens (tertiary/aromatic N) is 2. The minimum Gasteiger partial charge on any atom is -0.275 e. The van der Waals surface area contributed by atoms with Gasteiger partial charge < -0.3 is 0 Å². The van der Waals surface area contributed by atoms with E-state index in [-0.39, 0.29) is 5.41 Å². The Kier molecular flexibility index (Phi) is 2.79. The predicted octanol–water partition coefficient (Wildman–Crippen LogP) is 2.81. The second kappa shape index (κ2) is 3.52. The molecule has 13 heavy (non-hydrogen) atoms. The Morgan fingerprint density at radius 3 is 2.46 bits per heavy atom. The number of hydrogen-bond donors (Lipinski definition) is 0. The average molecular weight is 180 g/mol. The molecule has 2 nitrogen and oxygen atoms in total. The number of hydrogen-bond acceptors (Lipinski definition) is 1. The van der Waals surface area contributed by atoms with Gasteiger partial charge in [0.1, 0.15) is 0 Å². The van der Waals surface area contributed by atoms with Crippen molar-refractivity contribution >= 4 is 0 Å². The van der Waals surface area contributed by atoms with Crippen LogP contribution in [0.5, 0.6) is 0 Å². The largest absolute Gasteiger partial charge is 0.275 e. The Bertz CT molecular complexity index is 284. The molecule has 0 spiro atoms. The van der Waals surface area contributed by atoms with Gasteiger partial charge in [0, 0.05) is 13.2 Å². The lowest BCUT2D eigenvalue weighted by atomic mass is 9.81. The molecule has 0 fully saturated rings. The van der Waals surface area contributed by atoms with Crippen LogP contribution in [0.25, 0.3) is 0 Å². The van der Waals surface area contributed by atoms with Crippen LogP contribution < -0.4 is 0 Å². The third-order valence-electron chi connectivity index (χ3n) is 2.62. The van der Waals surface area contributed by atoms with E-state index in [1.165, 1.54) is 24.1 Å². The van der Waals surface area contributed by atoms with Gasteiger partial charge in [0.25, 0.3) is 0 Å². The van der Waals surface area contributed by atoms with Crippen molar-refractivity contribution in [1.82, 2.24) is 9.78 Å². The van der Waals surface area contributed by atoms with Gasteiger partial charge in [-0.2, -0.15) is 5.10 Å². The summed E-state index contributed by atoms with van der Waals surface area (Å²) in [6.07, 6.45) is 4.59. The molecular weight excluding hydrogens is 160 g/mol. The Balaban J connectivity index is 2.98. The molecular formula is C11H20N2. The number of aryl methyl sites for hydroxylation is 2. The molecule has 1 aromatic rings. The summed E-state index contributed by atoms with van der Waals surface area (Å²) in [5.41, 5.74) is 2.82. The van der Waals surface area contributed by atoms with E-state index in [2.05, 4.69) is 39.0 Å². The van der Waals surface area contributed by atoms with Gasteiger partial charge in [0.15, 0.2) is 0 Å². The van der Waals surface area contributed by atoms with Gasteiger partial charge in [-0.25, -0.2) is 0 Å². The maximum atomic E-state index is 4.38. The van der Waals surface area contributed by atoms with E-state index >= 15 is 0 Å². The first-order valence-corrected chi connectivity index (χ1v) is 4.98. The van der Waals surface area contributed by atoms with E-state index in [0.717, 1.165) is 0 Å². The van der Waals surface area contributed by atoms with Gasteiger partial charge in [-0.1, -0.05) is 27.2 Å². The monoisotopic (exact) mass is 180 g/mol. The molecule has 2 heteroatoms. The van der Waals surface area contributed by atoms with Crippen molar-refractivity contribution < 1.29 is 0 Å². The molecule has 0 N–H and O–H groups in total. The van der Waals surface area contributed by atoms with Gasteiger partial charge >= 0.3 is 0 Å². The third-order valence-corrected chi connectivity index (χ3v) is 2.62. The number of rotatable bonds is 3. The highest BCUT2D eigenvalue weighted by Crippen LogP contribution is 2.29. The summed E-state index contributed by atoms with van der Waals surface area (Å²) in [6, 6.07) is 0. The molecule has 0 aliphatic rings. The Morgan fingerprint density at radius 2 is 2.08 bits per heavy atom. The van der Waals surface area contributed by atoms with Gasteiger partial charge in [-0.15, -0.1) is 0 Å². The Morgan fingerprint density at radius 1 is 1.46 bits per heavy atom. The maximum Gasteiger partial charge on any atom is 0.0630 e. The third kappa shape index (κ3) is 2.11. The first-order chi connectivity index (χ1) is 5.97. The van der Waals surface area contributed by atoms with Crippen LogP contribution in [0.3, 0.4) is 0 Å². The minimum atomic E-state index is 0.271. The van der Waals surface area contributed by atoms with Crippen LogP contribution in [0.1, 0.15) is 44.9 Å². The van der Waals surface area contributed by atoms with Crippen LogP contribution in [-0.2, 0) is 12.5 Å². The highest BCUT2D eigenvalue weighted by Gasteiger charge is 2.23. The summed E-state index contributed by atoms with van der Waals surface area (Å²) in [6.45, 7) is 8.90. The fourth-order valence-electron chi connectivity index (χ4n) is 2.02. The Hall–Kier alpha value is -0.790.